The van der Waals surface area contributed by atoms with Gasteiger partial charge < -0.3 is 15.3 Å². The van der Waals surface area contributed by atoms with Crippen LogP contribution >= 0.6 is 0 Å². The number of carbonyl (C=O) groups is 1. The summed E-state index contributed by atoms with van der Waals surface area (Å²) in [6, 6.07) is -1.09. The molecule has 19 heavy (non-hydrogen) atoms. The summed E-state index contributed by atoms with van der Waals surface area (Å²) in [6.07, 6.45) is -3.11. The third-order valence-electron chi connectivity index (χ3n) is 3.83. The van der Waals surface area contributed by atoms with E-state index in [2.05, 4.69) is 5.32 Å². The molecule has 2 fully saturated rings. The topological polar surface area (TPSA) is 52.6 Å². The Morgan fingerprint density at radius 2 is 2.11 bits per heavy atom. The zero-order chi connectivity index (χ0) is 14.2. The Balaban J connectivity index is 2.05. The number of alkyl halides is 3. The zero-order valence-corrected chi connectivity index (χ0v) is 10.8. The lowest BCUT2D eigenvalue weighted by molar-refractivity contribution is -0.167. The molecule has 4 nitrogen and oxygen atoms in total. The van der Waals surface area contributed by atoms with Crippen LogP contribution in [-0.2, 0) is 4.79 Å². The lowest BCUT2D eigenvalue weighted by Gasteiger charge is -2.32. The number of β-amino-alcohol motifs (C(OH)–C–C–N with tert-alkyl or cyclic N) is 1. The first-order chi connectivity index (χ1) is 8.78. The van der Waals surface area contributed by atoms with Crippen LogP contribution in [0.4, 0.5) is 13.2 Å². The van der Waals surface area contributed by atoms with Crippen molar-refractivity contribution >= 4 is 5.91 Å². The molecule has 0 aromatic rings. The van der Waals surface area contributed by atoms with Gasteiger partial charge in [-0.3, -0.25) is 4.79 Å². The molecule has 0 spiro atoms. The van der Waals surface area contributed by atoms with Crippen LogP contribution in [0.3, 0.4) is 0 Å². The average molecular weight is 280 g/mol. The van der Waals surface area contributed by atoms with Crippen LogP contribution in [-0.4, -0.2) is 53.4 Å². The molecule has 0 radical (unpaired) electrons. The van der Waals surface area contributed by atoms with Crippen molar-refractivity contribution in [2.45, 2.75) is 50.6 Å². The normalized spacial score (nSPS) is 29.3. The number of aliphatic hydroxyl groups excluding tert-OH is 1. The fourth-order valence-electron chi connectivity index (χ4n) is 2.55. The van der Waals surface area contributed by atoms with Crippen LogP contribution in [0.25, 0.3) is 0 Å². The Morgan fingerprint density at radius 1 is 1.47 bits per heavy atom. The van der Waals surface area contributed by atoms with E-state index in [1.54, 1.807) is 6.92 Å². The summed E-state index contributed by atoms with van der Waals surface area (Å²) in [5.41, 5.74) is 0. The third-order valence-corrected chi connectivity index (χ3v) is 3.83. The summed E-state index contributed by atoms with van der Waals surface area (Å²) in [5.74, 6) is -0.370. The van der Waals surface area contributed by atoms with E-state index < -0.39 is 36.8 Å². The van der Waals surface area contributed by atoms with Crippen molar-refractivity contribution < 1.29 is 23.1 Å². The summed E-state index contributed by atoms with van der Waals surface area (Å²) in [4.78, 5) is 13.1. The second-order valence-corrected chi connectivity index (χ2v) is 5.51. The number of nitrogens with zero attached hydrogens (tertiary/aromatic N) is 1. The number of carbonyl (C=O) groups excluding carboxylic acids is 1. The zero-order valence-electron chi connectivity index (χ0n) is 10.8. The molecule has 0 aromatic carbocycles. The fourth-order valence-corrected chi connectivity index (χ4v) is 2.55. The average Bonchev–Trinajstić information content (AvgIpc) is 3.06. The molecule has 1 amide bonds. The predicted octanol–water partition coefficient (Wildman–Crippen LogP) is 0.899. The maximum Gasteiger partial charge on any atom is 0.406 e. The maximum atomic E-state index is 12.6. The van der Waals surface area contributed by atoms with Gasteiger partial charge >= 0.3 is 6.18 Å². The Labute approximate surface area is 110 Å². The van der Waals surface area contributed by atoms with Gasteiger partial charge in [-0.25, -0.2) is 0 Å². The Hall–Kier alpha value is -0.820. The largest absolute Gasteiger partial charge is 0.406 e. The van der Waals surface area contributed by atoms with Crippen molar-refractivity contribution in [3.05, 3.63) is 0 Å². The number of amides is 1. The van der Waals surface area contributed by atoms with Gasteiger partial charge in [0.05, 0.1) is 12.1 Å². The van der Waals surface area contributed by atoms with Gasteiger partial charge in [-0.1, -0.05) is 0 Å². The van der Waals surface area contributed by atoms with E-state index in [-0.39, 0.29) is 18.9 Å². The van der Waals surface area contributed by atoms with E-state index in [0.29, 0.717) is 0 Å². The Kier molecular flexibility index (Phi) is 4.06. The molecular formula is C12H19F3N2O2. The van der Waals surface area contributed by atoms with E-state index in [1.165, 1.54) is 0 Å². The van der Waals surface area contributed by atoms with Crippen LogP contribution in [0.5, 0.6) is 0 Å². The van der Waals surface area contributed by atoms with Crippen LogP contribution in [0.2, 0.25) is 0 Å². The highest BCUT2D eigenvalue weighted by Gasteiger charge is 2.43. The van der Waals surface area contributed by atoms with Crippen molar-refractivity contribution in [2.75, 3.05) is 13.1 Å². The SMILES string of the molecule is CC(C1CC1)N(CC(F)(F)F)C(=O)C1CC(O)CN1. The van der Waals surface area contributed by atoms with Gasteiger partial charge in [0.1, 0.15) is 6.54 Å². The molecule has 2 aliphatic rings. The molecule has 3 unspecified atom stereocenters. The molecule has 1 aliphatic heterocycles. The molecule has 3 atom stereocenters. The van der Waals surface area contributed by atoms with E-state index in [0.717, 1.165) is 17.7 Å². The van der Waals surface area contributed by atoms with Gasteiger partial charge in [-0.05, 0) is 32.1 Å². The second-order valence-electron chi connectivity index (χ2n) is 5.51. The van der Waals surface area contributed by atoms with Gasteiger partial charge in [0.25, 0.3) is 0 Å². The fraction of sp³-hybridized carbons (Fsp3) is 0.917. The Morgan fingerprint density at radius 3 is 2.53 bits per heavy atom. The maximum absolute atomic E-state index is 12.6. The summed E-state index contributed by atoms with van der Waals surface area (Å²) in [7, 11) is 0. The molecule has 1 saturated heterocycles. The van der Waals surface area contributed by atoms with Crippen molar-refractivity contribution in [3.8, 4) is 0 Å². The number of aliphatic hydroxyl groups is 1. The molecule has 0 aromatic heterocycles. The van der Waals surface area contributed by atoms with Crippen LogP contribution in [0.15, 0.2) is 0 Å². The molecule has 0 bridgehead atoms. The smallest absolute Gasteiger partial charge is 0.392 e. The number of hydrogen-bond acceptors (Lipinski definition) is 3. The quantitative estimate of drug-likeness (QED) is 0.804. The summed E-state index contributed by atoms with van der Waals surface area (Å²) >= 11 is 0. The monoisotopic (exact) mass is 280 g/mol. The molecule has 1 aliphatic carbocycles. The molecule has 110 valence electrons. The minimum Gasteiger partial charge on any atom is -0.392 e. The first-order valence-electron chi connectivity index (χ1n) is 6.56. The van der Waals surface area contributed by atoms with Gasteiger partial charge in [-0.15, -0.1) is 0 Å². The lowest BCUT2D eigenvalue weighted by Crippen LogP contribution is -2.51. The predicted molar refractivity (Wildman–Crippen MR) is 62.4 cm³/mol. The Bertz CT molecular complexity index is 344. The molecule has 1 saturated carbocycles. The minimum atomic E-state index is -4.39. The van der Waals surface area contributed by atoms with Crippen molar-refractivity contribution in [1.29, 1.82) is 0 Å². The van der Waals surface area contributed by atoms with Crippen LogP contribution in [0, 0.1) is 5.92 Å². The van der Waals surface area contributed by atoms with Gasteiger partial charge in [0.2, 0.25) is 5.91 Å². The van der Waals surface area contributed by atoms with Crippen LogP contribution in [0.1, 0.15) is 26.2 Å². The van der Waals surface area contributed by atoms with E-state index in [4.69, 9.17) is 0 Å². The summed E-state index contributed by atoms with van der Waals surface area (Å²) < 4.78 is 37.8. The number of halogens is 3. The van der Waals surface area contributed by atoms with Crippen molar-refractivity contribution in [3.63, 3.8) is 0 Å². The summed E-state index contributed by atoms with van der Waals surface area (Å²) in [6.45, 7) is 0.721. The minimum absolute atomic E-state index is 0.178. The first kappa shape index (κ1) is 14.6. The van der Waals surface area contributed by atoms with Crippen molar-refractivity contribution in [2.24, 2.45) is 5.92 Å². The molecule has 7 heteroatoms. The highest BCUT2D eigenvalue weighted by atomic mass is 19.4. The van der Waals surface area contributed by atoms with Crippen molar-refractivity contribution in [1.82, 2.24) is 10.2 Å². The molecule has 2 N–H and O–H groups in total. The number of nitrogens with one attached hydrogen (secondary N) is 1. The van der Waals surface area contributed by atoms with Gasteiger partial charge in [0, 0.05) is 12.6 Å². The number of rotatable bonds is 4. The van der Waals surface area contributed by atoms with E-state index in [1.807, 2.05) is 0 Å². The third kappa shape index (κ3) is 3.82. The molecule has 1 heterocycles. The van der Waals surface area contributed by atoms with Gasteiger partial charge in [-0.2, -0.15) is 13.2 Å². The highest BCUT2D eigenvalue weighted by Crippen LogP contribution is 2.36. The van der Waals surface area contributed by atoms with Crippen LogP contribution < -0.4 is 5.32 Å². The first-order valence-corrected chi connectivity index (χ1v) is 6.56. The lowest BCUT2D eigenvalue weighted by atomic mass is 10.1. The highest BCUT2D eigenvalue weighted by molar-refractivity contribution is 5.82. The van der Waals surface area contributed by atoms with Gasteiger partial charge in [0.15, 0.2) is 0 Å². The van der Waals surface area contributed by atoms with E-state index >= 15 is 0 Å². The summed E-state index contributed by atoms with van der Waals surface area (Å²) in [5, 5.41) is 12.1. The molecule has 2 rings (SSSR count). The van der Waals surface area contributed by atoms with E-state index in [9.17, 15) is 23.1 Å². The number of hydrogen-bond donors (Lipinski definition) is 2. The standard InChI is InChI=1S/C12H19F3N2O2/c1-7(8-2-3-8)17(6-12(13,14)15)11(19)10-4-9(18)5-16-10/h7-10,16,18H,2-6H2,1H3. The second kappa shape index (κ2) is 5.28. The molecular weight excluding hydrogens is 261 g/mol.